The topological polar surface area (TPSA) is 67.2 Å². The monoisotopic (exact) mass is 335 g/mol. The molecule has 23 heavy (non-hydrogen) atoms. The highest BCUT2D eigenvalue weighted by atomic mass is 35.5. The molecule has 124 valence electrons. The molecular weight excluding hydrogens is 314 g/mol. The number of aliphatic hydroxyl groups excluding tert-OH is 1. The molecule has 0 bridgehead atoms. The van der Waals surface area contributed by atoms with Crippen molar-refractivity contribution in [2.24, 2.45) is 0 Å². The summed E-state index contributed by atoms with van der Waals surface area (Å²) in [4.78, 5) is 12.1. The SMILES string of the molecule is Cc1nn(-c2ccc(Cl)cc2)c(C)c1CC(=O)NC(C)CCO. The lowest BCUT2D eigenvalue weighted by molar-refractivity contribution is -0.121. The second-order valence-corrected chi connectivity index (χ2v) is 6.13. The number of nitrogens with one attached hydrogen (secondary N) is 1. The molecule has 0 aliphatic carbocycles. The van der Waals surface area contributed by atoms with Gasteiger partial charge in [-0.05, 0) is 51.5 Å². The predicted octanol–water partition coefficient (Wildman–Crippen LogP) is 2.57. The third-order valence-corrected chi connectivity index (χ3v) is 4.07. The Morgan fingerprint density at radius 2 is 2.00 bits per heavy atom. The van der Waals surface area contributed by atoms with Gasteiger partial charge in [0.25, 0.3) is 0 Å². The Bertz CT molecular complexity index is 680. The van der Waals surface area contributed by atoms with Gasteiger partial charge in [0.05, 0.1) is 17.8 Å². The zero-order valence-electron chi connectivity index (χ0n) is 13.6. The van der Waals surface area contributed by atoms with Gasteiger partial charge in [-0.3, -0.25) is 4.79 Å². The summed E-state index contributed by atoms with van der Waals surface area (Å²) in [6, 6.07) is 7.38. The lowest BCUT2D eigenvalue weighted by atomic mass is 10.1. The molecule has 1 aromatic heterocycles. The van der Waals surface area contributed by atoms with E-state index in [-0.39, 0.29) is 25.0 Å². The smallest absolute Gasteiger partial charge is 0.224 e. The van der Waals surface area contributed by atoms with Crippen LogP contribution >= 0.6 is 11.6 Å². The number of hydrogen-bond donors (Lipinski definition) is 2. The Labute approximate surface area is 141 Å². The second kappa shape index (κ2) is 7.62. The molecule has 0 spiro atoms. The number of amides is 1. The summed E-state index contributed by atoms with van der Waals surface area (Å²) in [6.07, 6.45) is 0.828. The highest BCUT2D eigenvalue weighted by Crippen LogP contribution is 2.20. The van der Waals surface area contributed by atoms with Crippen LogP contribution in [0.2, 0.25) is 5.02 Å². The van der Waals surface area contributed by atoms with Crippen LogP contribution in [0.5, 0.6) is 0 Å². The van der Waals surface area contributed by atoms with Crippen molar-refractivity contribution in [1.82, 2.24) is 15.1 Å². The number of nitrogens with zero attached hydrogens (tertiary/aromatic N) is 2. The van der Waals surface area contributed by atoms with E-state index in [2.05, 4.69) is 10.4 Å². The van der Waals surface area contributed by atoms with Gasteiger partial charge < -0.3 is 10.4 Å². The lowest BCUT2D eigenvalue weighted by Crippen LogP contribution is -2.34. The summed E-state index contributed by atoms with van der Waals surface area (Å²) in [7, 11) is 0. The van der Waals surface area contributed by atoms with Crippen LogP contribution in [0.15, 0.2) is 24.3 Å². The fourth-order valence-electron chi connectivity index (χ4n) is 2.52. The minimum absolute atomic E-state index is 0.0422. The molecule has 1 heterocycles. The van der Waals surface area contributed by atoms with Gasteiger partial charge in [-0.25, -0.2) is 4.68 Å². The van der Waals surface area contributed by atoms with E-state index in [4.69, 9.17) is 16.7 Å². The minimum atomic E-state index is -0.0622. The number of aromatic nitrogens is 2. The Balaban J connectivity index is 2.18. The Kier molecular flexibility index (Phi) is 5.80. The molecule has 1 aromatic carbocycles. The van der Waals surface area contributed by atoms with Crippen molar-refractivity contribution >= 4 is 17.5 Å². The summed E-state index contributed by atoms with van der Waals surface area (Å²) in [5.41, 5.74) is 3.61. The second-order valence-electron chi connectivity index (χ2n) is 5.70. The maximum absolute atomic E-state index is 12.1. The van der Waals surface area contributed by atoms with Gasteiger partial charge in [-0.2, -0.15) is 5.10 Å². The van der Waals surface area contributed by atoms with Crippen molar-refractivity contribution in [2.75, 3.05) is 6.61 Å². The number of rotatable bonds is 6. The first kappa shape index (κ1) is 17.5. The molecule has 0 saturated carbocycles. The number of hydrogen-bond acceptors (Lipinski definition) is 3. The van der Waals surface area contributed by atoms with Gasteiger partial charge in [-0.15, -0.1) is 0 Å². The highest BCUT2D eigenvalue weighted by Gasteiger charge is 2.17. The third kappa shape index (κ3) is 4.33. The van der Waals surface area contributed by atoms with Crippen LogP contribution in [0.3, 0.4) is 0 Å². The fourth-order valence-corrected chi connectivity index (χ4v) is 2.64. The van der Waals surface area contributed by atoms with E-state index in [1.165, 1.54) is 0 Å². The van der Waals surface area contributed by atoms with Gasteiger partial charge in [-0.1, -0.05) is 11.6 Å². The van der Waals surface area contributed by atoms with E-state index in [1.54, 1.807) is 0 Å². The molecule has 5 nitrogen and oxygen atoms in total. The van der Waals surface area contributed by atoms with Crippen molar-refractivity contribution in [3.63, 3.8) is 0 Å². The largest absolute Gasteiger partial charge is 0.396 e. The molecule has 2 aromatic rings. The molecule has 1 atom stereocenters. The number of carbonyl (C=O) groups is 1. The number of carbonyl (C=O) groups excluding carboxylic acids is 1. The molecule has 0 saturated heterocycles. The molecule has 2 rings (SSSR count). The highest BCUT2D eigenvalue weighted by molar-refractivity contribution is 6.30. The molecule has 1 amide bonds. The van der Waals surface area contributed by atoms with Crippen LogP contribution in [-0.4, -0.2) is 33.4 Å². The lowest BCUT2D eigenvalue weighted by Gasteiger charge is -2.12. The molecule has 1 unspecified atom stereocenters. The number of aliphatic hydroxyl groups is 1. The van der Waals surface area contributed by atoms with Crippen molar-refractivity contribution in [3.8, 4) is 5.69 Å². The van der Waals surface area contributed by atoms with E-state index in [9.17, 15) is 4.79 Å². The van der Waals surface area contributed by atoms with Crippen molar-refractivity contribution in [3.05, 3.63) is 46.2 Å². The first-order valence-corrected chi connectivity index (χ1v) is 8.01. The molecule has 6 heteroatoms. The minimum Gasteiger partial charge on any atom is -0.396 e. The van der Waals surface area contributed by atoms with Crippen LogP contribution in [-0.2, 0) is 11.2 Å². The number of benzene rings is 1. The molecule has 0 aliphatic heterocycles. The van der Waals surface area contributed by atoms with E-state index < -0.39 is 0 Å². The van der Waals surface area contributed by atoms with Crippen molar-refractivity contribution in [2.45, 2.75) is 39.7 Å². The van der Waals surface area contributed by atoms with Crippen LogP contribution in [0.25, 0.3) is 5.69 Å². The van der Waals surface area contributed by atoms with Gasteiger partial charge in [0.2, 0.25) is 5.91 Å². The van der Waals surface area contributed by atoms with Gasteiger partial charge in [0.1, 0.15) is 0 Å². The maximum atomic E-state index is 12.1. The summed E-state index contributed by atoms with van der Waals surface area (Å²) >= 11 is 5.92. The first-order valence-electron chi connectivity index (χ1n) is 7.63. The average Bonchev–Trinajstić information content (AvgIpc) is 2.76. The quantitative estimate of drug-likeness (QED) is 0.852. The Hall–Kier alpha value is -1.85. The standard InChI is InChI=1S/C17H22ClN3O2/c1-11(8-9-22)19-17(23)10-16-12(2)20-21(13(16)3)15-6-4-14(18)5-7-15/h4-7,11,22H,8-10H2,1-3H3,(H,19,23). The molecule has 0 fully saturated rings. The molecule has 0 aliphatic rings. The zero-order chi connectivity index (χ0) is 17.0. The van der Waals surface area contributed by atoms with Gasteiger partial charge in [0, 0.05) is 28.9 Å². The summed E-state index contributed by atoms with van der Waals surface area (Å²) in [5.74, 6) is -0.0622. The van der Waals surface area contributed by atoms with E-state index in [0.29, 0.717) is 11.4 Å². The van der Waals surface area contributed by atoms with Crippen molar-refractivity contribution < 1.29 is 9.90 Å². The summed E-state index contributed by atoms with van der Waals surface area (Å²) in [5, 5.41) is 17.0. The van der Waals surface area contributed by atoms with E-state index in [1.807, 2.05) is 49.7 Å². The molecule has 2 N–H and O–H groups in total. The maximum Gasteiger partial charge on any atom is 0.224 e. The van der Waals surface area contributed by atoms with Crippen LogP contribution in [0.4, 0.5) is 0 Å². The van der Waals surface area contributed by atoms with E-state index in [0.717, 1.165) is 22.6 Å². The number of halogens is 1. The average molecular weight is 336 g/mol. The van der Waals surface area contributed by atoms with Crippen LogP contribution < -0.4 is 5.32 Å². The third-order valence-electron chi connectivity index (χ3n) is 3.82. The predicted molar refractivity (Wildman–Crippen MR) is 91.1 cm³/mol. The fraction of sp³-hybridized carbons (Fsp3) is 0.412. The summed E-state index contributed by atoms with van der Waals surface area (Å²) in [6.45, 7) is 5.80. The first-order chi connectivity index (χ1) is 10.9. The molecule has 0 radical (unpaired) electrons. The van der Waals surface area contributed by atoms with Crippen LogP contribution in [0.1, 0.15) is 30.3 Å². The van der Waals surface area contributed by atoms with Crippen molar-refractivity contribution in [1.29, 1.82) is 0 Å². The van der Waals surface area contributed by atoms with Gasteiger partial charge >= 0.3 is 0 Å². The zero-order valence-corrected chi connectivity index (χ0v) is 14.4. The normalized spacial score (nSPS) is 12.2. The van der Waals surface area contributed by atoms with Crippen LogP contribution in [0, 0.1) is 13.8 Å². The summed E-state index contributed by atoms with van der Waals surface area (Å²) < 4.78 is 1.82. The Morgan fingerprint density at radius 3 is 2.61 bits per heavy atom. The van der Waals surface area contributed by atoms with E-state index >= 15 is 0 Å². The van der Waals surface area contributed by atoms with Gasteiger partial charge in [0.15, 0.2) is 0 Å². The number of aryl methyl sites for hydroxylation is 1. The molecular formula is C17H22ClN3O2. The Morgan fingerprint density at radius 1 is 1.35 bits per heavy atom.